The maximum atomic E-state index is 14.7. The smallest absolute Gasteiger partial charge is 0.338 e. The van der Waals surface area contributed by atoms with Crippen LogP contribution in [0.4, 0.5) is 13.6 Å². The number of rotatable bonds is 8. The van der Waals surface area contributed by atoms with Gasteiger partial charge in [0.15, 0.2) is 22.5 Å². The number of carboxylic acid groups (broad SMARTS) is 1. The number of amides is 2. The number of ether oxygens (including phenoxy) is 1. The first-order valence-electron chi connectivity index (χ1n) is 13.4. The number of benzene rings is 1. The summed E-state index contributed by atoms with van der Waals surface area (Å²) >= 11 is 1.34. The molecule has 5 rings (SSSR count). The van der Waals surface area contributed by atoms with Crippen LogP contribution >= 0.6 is 11.3 Å². The highest BCUT2D eigenvalue weighted by Gasteiger charge is 2.47. The van der Waals surface area contributed by atoms with Gasteiger partial charge in [0, 0.05) is 55.5 Å². The van der Waals surface area contributed by atoms with E-state index in [1.807, 2.05) is 0 Å². The molecular weight excluding hydrogens is 570 g/mol. The van der Waals surface area contributed by atoms with Crippen molar-refractivity contribution in [3.8, 4) is 0 Å². The zero-order valence-electron chi connectivity index (χ0n) is 23.7. The van der Waals surface area contributed by atoms with Gasteiger partial charge in [-0.15, -0.1) is 11.3 Å². The molecule has 4 heterocycles. The summed E-state index contributed by atoms with van der Waals surface area (Å²) in [6.07, 6.45) is 1.45. The third kappa shape index (κ3) is 5.48. The molecule has 0 radical (unpaired) electrons. The summed E-state index contributed by atoms with van der Waals surface area (Å²) in [6, 6.07) is 1.08. The number of fused-ring (bicyclic) bond motifs is 1. The number of carbonyl (C=O) groups excluding carboxylic acids is 2. The highest BCUT2D eigenvalue weighted by atomic mass is 32.1. The number of carboxylic acids is 1. The standard InChI is InChI=1S/C28H32F2N6O5S/c1-15-17(5-6-18(29)22(15)30)23-21(26(39)41-4)19(32-24(33-23)25-31-7-10-42-25)14-34-8-9-35-16(12-34)13-36(27(35)40)28(2,3)11-20(37)38/h5-7,10,16,23H,8-9,11-14H2,1-4H3,(H,32,33)(H,37,38)/t16?,23-/m0/s1. The van der Waals surface area contributed by atoms with Crippen molar-refractivity contribution in [1.29, 1.82) is 0 Å². The van der Waals surface area contributed by atoms with E-state index < -0.39 is 35.2 Å². The number of hydrogen-bond donors (Lipinski definition) is 2. The van der Waals surface area contributed by atoms with Crippen molar-refractivity contribution < 1.29 is 33.0 Å². The summed E-state index contributed by atoms with van der Waals surface area (Å²) in [6.45, 7) is 6.94. The van der Waals surface area contributed by atoms with Crippen LogP contribution in [0.5, 0.6) is 0 Å². The first kappa shape index (κ1) is 29.6. The summed E-state index contributed by atoms with van der Waals surface area (Å²) in [5.41, 5.74) is 0.153. The van der Waals surface area contributed by atoms with Crippen LogP contribution in [0.15, 0.2) is 40.0 Å². The Morgan fingerprint density at radius 1 is 1.24 bits per heavy atom. The molecule has 1 aromatic carbocycles. The summed E-state index contributed by atoms with van der Waals surface area (Å²) in [5, 5.41) is 14.9. The minimum Gasteiger partial charge on any atom is -0.481 e. The Morgan fingerprint density at radius 3 is 2.67 bits per heavy atom. The molecule has 42 heavy (non-hydrogen) atoms. The van der Waals surface area contributed by atoms with Gasteiger partial charge in [0.05, 0.1) is 25.1 Å². The van der Waals surface area contributed by atoms with Crippen LogP contribution in [0.25, 0.3) is 0 Å². The summed E-state index contributed by atoms with van der Waals surface area (Å²) in [7, 11) is 1.25. The van der Waals surface area contributed by atoms with Crippen molar-refractivity contribution in [1.82, 2.24) is 25.0 Å². The molecule has 0 bridgehead atoms. The van der Waals surface area contributed by atoms with Crippen LogP contribution in [-0.4, -0.2) is 100 Å². The minimum absolute atomic E-state index is 0.0343. The molecule has 0 saturated carbocycles. The molecule has 224 valence electrons. The molecule has 3 aliphatic heterocycles. The Balaban J connectivity index is 1.47. The van der Waals surface area contributed by atoms with E-state index in [9.17, 15) is 28.3 Å². The van der Waals surface area contributed by atoms with Crippen LogP contribution in [0.1, 0.15) is 42.4 Å². The number of piperazine rings is 1. The molecule has 14 heteroatoms. The highest BCUT2D eigenvalue weighted by molar-refractivity contribution is 7.11. The van der Waals surface area contributed by atoms with Gasteiger partial charge in [-0.3, -0.25) is 14.7 Å². The van der Waals surface area contributed by atoms with E-state index in [4.69, 9.17) is 9.73 Å². The van der Waals surface area contributed by atoms with Crippen LogP contribution in [-0.2, 0) is 14.3 Å². The fourth-order valence-electron chi connectivity index (χ4n) is 5.82. The first-order valence-corrected chi connectivity index (χ1v) is 14.3. The molecule has 2 amide bonds. The van der Waals surface area contributed by atoms with Crippen LogP contribution in [0.3, 0.4) is 0 Å². The number of carbonyl (C=O) groups is 3. The summed E-state index contributed by atoms with van der Waals surface area (Å²) in [4.78, 5) is 52.4. The Hall–Kier alpha value is -3.91. The number of amidine groups is 1. The second-order valence-electron chi connectivity index (χ2n) is 11.2. The molecule has 0 spiro atoms. The zero-order chi connectivity index (χ0) is 30.3. The lowest BCUT2D eigenvalue weighted by molar-refractivity contribution is -0.139. The quantitative estimate of drug-likeness (QED) is 0.442. The molecule has 2 fully saturated rings. The zero-order valence-corrected chi connectivity index (χ0v) is 24.5. The molecule has 2 N–H and O–H groups in total. The number of halogens is 2. The third-order valence-corrected chi connectivity index (χ3v) is 8.75. The Bertz CT molecular complexity index is 1480. The number of aliphatic imine (C=N–C) groups is 1. The second kappa shape index (κ2) is 11.4. The molecule has 1 unspecified atom stereocenters. The molecule has 2 atom stereocenters. The molecule has 1 aromatic heterocycles. The fourth-order valence-corrected chi connectivity index (χ4v) is 6.41. The lowest BCUT2D eigenvalue weighted by Gasteiger charge is -2.38. The normalized spacial score (nSPS) is 21.3. The predicted molar refractivity (Wildman–Crippen MR) is 150 cm³/mol. The van der Waals surface area contributed by atoms with Crippen LogP contribution in [0.2, 0.25) is 0 Å². The van der Waals surface area contributed by atoms with Gasteiger partial charge in [-0.1, -0.05) is 6.07 Å². The predicted octanol–water partition coefficient (Wildman–Crippen LogP) is 2.92. The Morgan fingerprint density at radius 2 is 2.00 bits per heavy atom. The molecule has 3 aliphatic rings. The molecule has 11 nitrogen and oxygen atoms in total. The van der Waals surface area contributed by atoms with Crippen molar-refractivity contribution in [3.63, 3.8) is 0 Å². The molecular formula is C28H32F2N6O5S. The summed E-state index contributed by atoms with van der Waals surface area (Å²) < 4.78 is 33.8. The lowest BCUT2D eigenvalue weighted by Crippen LogP contribution is -2.53. The van der Waals surface area contributed by atoms with Gasteiger partial charge in [0.25, 0.3) is 0 Å². The number of methoxy groups -OCH3 is 1. The van der Waals surface area contributed by atoms with Crippen LogP contribution < -0.4 is 5.32 Å². The molecule has 2 aromatic rings. The van der Waals surface area contributed by atoms with Gasteiger partial charge in [0.1, 0.15) is 6.04 Å². The average molecular weight is 603 g/mol. The van der Waals surface area contributed by atoms with E-state index >= 15 is 0 Å². The number of nitrogens with zero attached hydrogens (tertiary/aromatic N) is 5. The number of esters is 1. The van der Waals surface area contributed by atoms with Crippen molar-refractivity contribution in [2.75, 3.05) is 39.8 Å². The largest absolute Gasteiger partial charge is 0.481 e. The van der Waals surface area contributed by atoms with Crippen molar-refractivity contribution in [3.05, 3.63) is 62.7 Å². The van der Waals surface area contributed by atoms with Crippen LogP contribution in [0, 0.1) is 18.6 Å². The lowest BCUT2D eigenvalue weighted by atomic mass is 9.92. The molecule has 2 saturated heterocycles. The van der Waals surface area contributed by atoms with Crippen molar-refractivity contribution in [2.24, 2.45) is 4.99 Å². The number of aliphatic carboxylic acids is 1. The molecule has 0 aliphatic carbocycles. The number of hydrogen-bond acceptors (Lipinski definition) is 9. The number of urea groups is 1. The van der Waals surface area contributed by atoms with Gasteiger partial charge < -0.3 is 25.0 Å². The van der Waals surface area contributed by atoms with E-state index in [1.54, 1.807) is 35.2 Å². The second-order valence-corrected chi connectivity index (χ2v) is 12.1. The Kier molecular flexibility index (Phi) is 8.03. The SMILES string of the molecule is COC(=O)C1=C(CN2CCN3C(=O)N(C(C)(C)CC(=O)O)CC3C2)NC(c2nccs2)=N[C@H]1c1ccc(F)c(F)c1C. The Labute approximate surface area is 245 Å². The van der Waals surface area contributed by atoms with Gasteiger partial charge in [-0.05, 0) is 38.0 Å². The van der Waals surface area contributed by atoms with Gasteiger partial charge in [-0.25, -0.2) is 23.4 Å². The average Bonchev–Trinajstić information content (AvgIpc) is 3.59. The van der Waals surface area contributed by atoms with Crippen molar-refractivity contribution >= 4 is 35.1 Å². The number of aromatic nitrogens is 1. The topological polar surface area (TPSA) is 128 Å². The van der Waals surface area contributed by atoms with E-state index in [0.29, 0.717) is 48.3 Å². The maximum Gasteiger partial charge on any atom is 0.338 e. The minimum atomic E-state index is -1.01. The van der Waals surface area contributed by atoms with E-state index in [-0.39, 0.29) is 36.2 Å². The van der Waals surface area contributed by atoms with Gasteiger partial charge >= 0.3 is 18.0 Å². The van der Waals surface area contributed by atoms with E-state index in [1.165, 1.54) is 31.4 Å². The van der Waals surface area contributed by atoms with Crippen molar-refractivity contribution in [2.45, 2.75) is 44.8 Å². The highest BCUT2D eigenvalue weighted by Crippen LogP contribution is 2.36. The number of nitrogens with one attached hydrogen (secondary N) is 1. The van der Waals surface area contributed by atoms with Gasteiger partial charge in [-0.2, -0.15) is 0 Å². The monoisotopic (exact) mass is 602 g/mol. The maximum absolute atomic E-state index is 14.7. The number of thiazole rings is 1. The van der Waals surface area contributed by atoms with E-state index in [0.717, 1.165) is 6.07 Å². The fraction of sp³-hybridized carbons (Fsp3) is 0.464. The first-order chi connectivity index (χ1) is 19.9. The van der Waals surface area contributed by atoms with E-state index in [2.05, 4.69) is 15.2 Å². The third-order valence-electron chi connectivity index (χ3n) is 7.98. The van der Waals surface area contributed by atoms with Gasteiger partial charge in [0.2, 0.25) is 0 Å². The summed E-state index contributed by atoms with van der Waals surface area (Å²) in [5.74, 6) is -3.26.